The first kappa shape index (κ1) is 23.1. The Morgan fingerprint density at radius 1 is 1.12 bits per heavy atom. The minimum atomic E-state index is -1.13. The van der Waals surface area contributed by atoms with E-state index in [1.165, 1.54) is 7.05 Å². The monoisotopic (exact) mass is 465 g/mol. The first-order chi connectivity index (χ1) is 16.3. The zero-order valence-corrected chi connectivity index (χ0v) is 19.0. The normalized spacial score (nSPS) is 21.4. The Balaban J connectivity index is 1.42. The first-order valence-electron chi connectivity index (χ1n) is 11.0. The lowest BCUT2D eigenvalue weighted by Crippen LogP contribution is -2.54. The van der Waals surface area contributed by atoms with E-state index in [-0.39, 0.29) is 19.0 Å². The van der Waals surface area contributed by atoms with Crippen LogP contribution in [0.5, 0.6) is 5.75 Å². The van der Waals surface area contributed by atoms with Gasteiger partial charge in [-0.05, 0) is 37.5 Å². The zero-order chi connectivity index (χ0) is 24.3. The molecule has 2 aliphatic heterocycles. The Bertz CT molecular complexity index is 1110. The number of amides is 5. The van der Waals surface area contributed by atoms with Crippen LogP contribution in [0.4, 0.5) is 10.5 Å². The molecule has 0 saturated carbocycles. The summed E-state index contributed by atoms with van der Waals surface area (Å²) in [6, 6.07) is 16.0. The van der Waals surface area contributed by atoms with E-state index in [0.29, 0.717) is 24.3 Å². The third-order valence-electron chi connectivity index (χ3n) is 5.99. The third kappa shape index (κ3) is 4.66. The number of rotatable bonds is 7. The fourth-order valence-electron chi connectivity index (χ4n) is 4.08. The number of carbonyl (C=O) groups excluding carboxylic acids is 4. The van der Waals surface area contributed by atoms with Crippen molar-refractivity contribution in [3.8, 4) is 5.75 Å². The second kappa shape index (κ2) is 9.42. The highest BCUT2D eigenvalue weighted by Gasteiger charge is 2.48. The molecule has 2 atom stereocenters. The van der Waals surface area contributed by atoms with E-state index in [1.54, 1.807) is 36.1 Å². The molecule has 1 saturated heterocycles. The van der Waals surface area contributed by atoms with Crippen LogP contribution in [0.2, 0.25) is 0 Å². The molecule has 2 heterocycles. The van der Waals surface area contributed by atoms with Gasteiger partial charge >= 0.3 is 6.03 Å². The van der Waals surface area contributed by atoms with Gasteiger partial charge in [-0.15, -0.1) is 0 Å². The van der Waals surface area contributed by atoms with Crippen molar-refractivity contribution in [1.29, 1.82) is 0 Å². The van der Waals surface area contributed by atoms with E-state index >= 15 is 0 Å². The predicted octanol–water partition coefficient (Wildman–Crippen LogP) is 0.975. The molecule has 5 amide bonds. The largest absolute Gasteiger partial charge is 0.477 e. The Morgan fingerprint density at radius 3 is 2.56 bits per heavy atom. The van der Waals surface area contributed by atoms with Crippen molar-refractivity contribution < 1.29 is 23.9 Å². The molecule has 2 aliphatic rings. The topological polar surface area (TPSA) is 120 Å². The van der Waals surface area contributed by atoms with Crippen LogP contribution in [0.3, 0.4) is 0 Å². The molecular weight excluding hydrogens is 438 g/mol. The fourth-order valence-corrected chi connectivity index (χ4v) is 4.08. The number of fused-ring (bicyclic) bond motifs is 1. The van der Waals surface area contributed by atoms with Crippen molar-refractivity contribution in [2.24, 2.45) is 0 Å². The van der Waals surface area contributed by atoms with Gasteiger partial charge in [-0.3, -0.25) is 19.8 Å². The molecule has 0 aromatic heterocycles. The van der Waals surface area contributed by atoms with Crippen LogP contribution in [0, 0.1) is 0 Å². The van der Waals surface area contributed by atoms with Gasteiger partial charge in [0.2, 0.25) is 0 Å². The summed E-state index contributed by atoms with van der Waals surface area (Å²) in [7, 11) is 1.51. The number of para-hydroxylation sites is 2. The number of ether oxygens (including phenoxy) is 1. The highest BCUT2D eigenvalue weighted by Crippen LogP contribution is 2.33. The maximum absolute atomic E-state index is 13.0. The minimum Gasteiger partial charge on any atom is -0.477 e. The number of hydrogen-bond donors (Lipinski definition) is 3. The van der Waals surface area contributed by atoms with Crippen molar-refractivity contribution >= 4 is 29.4 Å². The SMILES string of the molecule is CNC(=O)[C@H]1CN(CC(=O)NN2C(=O)N[C@](C)(CCc3ccccc3)C2=O)c2ccccc2O1. The van der Waals surface area contributed by atoms with Gasteiger partial charge in [0.25, 0.3) is 17.7 Å². The highest BCUT2D eigenvalue weighted by atomic mass is 16.5. The Hall–Kier alpha value is -4.08. The number of nitrogens with one attached hydrogen (secondary N) is 3. The minimum absolute atomic E-state index is 0.138. The van der Waals surface area contributed by atoms with E-state index in [4.69, 9.17) is 4.74 Å². The van der Waals surface area contributed by atoms with E-state index < -0.39 is 29.5 Å². The Labute approximate surface area is 197 Å². The highest BCUT2D eigenvalue weighted by molar-refractivity contribution is 6.07. The van der Waals surface area contributed by atoms with Gasteiger partial charge < -0.3 is 20.3 Å². The van der Waals surface area contributed by atoms with E-state index in [1.807, 2.05) is 30.3 Å². The summed E-state index contributed by atoms with van der Waals surface area (Å²) in [6.45, 7) is 1.61. The van der Waals surface area contributed by atoms with Crippen LogP contribution in [-0.4, -0.2) is 60.5 Å². The number of likely N-dealkylation sites (N-methyl/N-ethyl adjacent to an activating group) is 1. The van der Waals surface area contributed by atoms with Crippen molar-refractivity contribution in [2.45, 2.75) is 31.4 Å². The molecule has 3 N–H and O–H groups in total. The number of benzene rings is 2. The second-order valence-electron chi connectivity index (χ2n) is 8.49. The summed E-state index contributed by atoms with van der Waals surface area (Å²) in [5.41, 5.74) is 2.98. The van der Waals surface area contributed by atoms with Gasteiger partial charge in [-0.25, -0.2) is 4.79 Å². The molecule has 2 aromatic carbocycles. The molecule has 2 aromatic rings. The number of imide groups is 1. The molecule has 4 rings (SSSR count). The number of hydrazine groups is 1. The average Bonchev–Trinajstić information content (AvgIpc) is 3.06. The number of aryl methyl sites for hydroxylation is 1. The lowest BCUT2D eigenvalue weighted by atomic mass is 9.93. The van der Waals surface area contributed by atoms with Crippen molar-refractivity contribution in [2.75, 3.05) is 25.0 Å². The second-order valence-corrected chi connectivity index (χ2v) is 8.49. The lowest BCUT2D eigenvalue weighted by Gasteiger charge is -2.35. The molecule has 178 valence electrons. The molecule has 0 aliphatic carbocycles. The molecule has 1 fully saturated rings. The van der Waals surface area contributed by atoms with Gasteiger partial charge in [-0.2, -0.15) is 5.01 Å². The standard InChI is InChI=1S/C24H27N5O5/c1-24(13-12-16-8-4-3-5-9-16)22(32)29(23(33)26-24)27-20(30)15-28-14-19(21(31)25-2)34-18-11-7-6-10-17(18)28/h3-11,19H,12-15H2,1-2H3,(H,25,31)(H,26,33)(H,27,30)/t19-,24-/m1/s1. The first-order valence-corrected chi connectivity index (χ1v) is 11.0. The van der Waals surface area contributed by atoms with E-state index in [2.05, 4.69) is 16.1 Å². The van der Waals surface area contributed by atoms with Crippen LogP contribution in [0.1, 0.15) is 18.9 Å². The molecule has 0 unspecified atom stereocenters. The molecule has 10 nitrogen and oxygen atoms in total. The summed E-state index contributed by atoms with van der Waals surface area (Å²) in [5.74, 6) is -0.933. The number of nitrogens with zero attached hydrogens (tertiary/aromatic N) is 2. The average molecular weight is 466 g/mol. The quantitative estimate of drug-likeness (QED) is 0.525. The fraction of sp³-hybridized carbons (Fsp3) is 0.333. The van der Waals surface area contributed by atoms with Crippen molar-refractivity contribution in [1.82, 2.24) is 21.1 Å². The van der Waals surface area contributed by atoms with Gasteiger partial charge in [0, 0.05) is 7.05 Å². The number of urea groups is 1. The smallest absolute Gasteiger partial charge is 0.344 e. The molecular formula is C24H27N5O5. The molecule has 0 radical (unpaired) electrons. The Morgan fingerprint density at radius 2 is 1.82 bits per heavy atom. The van der Waals surface area contributed by atoms with Crippen molar-refractivity contribution in [3.63, 3.8) is 0 Å². The summed E-state index contributed by atoms with van der Waals surface area (Å²) in [6.07, 6.45) is 0.181. The number of anilines is 1. The molecule has 34 heavy (non-hydrogen) atoms. The Kier molecular flexibility index (Phi) is 6.40. The van der Waals surface area contributed by atoms with Crippen LogP contribution < -0.4 is 25.7 Å². The van der Waals surface area contributed by atoms with Crippen molar-refractivity contribution in [3.05, 3.63) is 60.2 Å². The van der Waals surface area contributed by atoms with Gasteiger partial charge in [0.15, 0.2) is 6.10 Å². The molecule has 0 spiro atoms. The summed E-state index contributed by atoms with van der Waals surface area (Å²) in [4.78, 5) is 52.2. The molecule has 0 bridgehead atoms. The predicted molar refractivity (Wildman–Crippen MR) is 124 cm³/mol. The van der Waals surface area contributed by atoms with E-state index in [9.17, 15) is 19.2 Å². The summed E-state index contributed by atoms with van der Waals surface area (Å²) < 4.78 is 5.74. The number of hydrogen-bond acceptors (Lipinski definition) is 6. The molecule has 10 heteroatoms. The van der Waals surface area contributed by atoms with Crippen LogP contribution >= 0.6 is 0 Å². The van der Waals surface area contributed by atoms with E-state index in [0.717, 1.165) is 10.6 Å². The van der Waals surface area contributed by atoms with Gasteiger partial charge in [-0.1, -0.05) is 42.5 Å². The third-order valence-corrected chi connectivity index (χ3v) is 5.99. The maximum atomic E-state index is 13.0. The lowest BCUT2D eigenvalue weighted by molar-refractivity contribution is -0.138. The van der Waals surface area contributed by atoms with Gasteiger partial charge in [0.1, 0.15) is 11.3 Å². The van der Waals surface area contributed by atoms with Gasteiger partial charge in [0.05, 0.1) is 18.8 Å². The maximum Gasteiger partial charge on any atom is 0.344 e. The van der Waals surface area contributed by atoms with Crippen LogP contribution in [0.25, 0.3) is 0 Å². The zero-order valence-electron chi connectivity index (χ0n) is 19.0. The number of carbonyl (C=O) groups is 4. The summed E-state index contributed by atoms with van der Waals surface area (Å²) >= 11 is 0. The van der Waals surface area contributed by atoms with Crippen LogP contribution in [0.15, 0.2) is 54.6 Å². The summed E-state index contributed by atoms with van der Waals surface area (Å²) in [5, 5.41) is 5.97. The van der Waals surface area contributed by atoms with Crippen LogP contribution in [-0.2, 0) is 20.8 Å².